The molecule has 2 aliphatic heterocycles. The Labute approximate surface area is 222 Å². The summed E-state index contributed by atoms with van der Waals surface area (Å²) in [6.07, 6.45) is 11.8. The SMILES string of the molecule is CCc1cnn2cc(-c3cnn(C)c3)cc(-c3ccc(N4CCN(C(=O)N5CCC(OC)C5)CC4)nc3)c12. The number of urea groups is 1. The third-order valence-corrected chi connectivity index (χ3v) is 7.79. The predicted molar refractivity (Wildman–Crippen MR) is 146 cm³/mol. The van der Waals surface area contributed by atoms with Gasteiger partial charge in [-0.2, -0.15) is 10.2 Å². The van der Waals surface area contributed by atoms with Gasteiger partial charge in [0.2, 0.25) is 0 Å². The monoisotopic (exact) mass is 514 g/mol. The zero-order valence-corrected chi connectivity index (χ0v) is 22.2. The van der Waals surface area contributed by atoms with E-state index in [4.69, 9.17) is 9.72 Å². The number of carbonyl (C=O) groups is 1. The van der Waals surface area contributed by atoms with Crippen LogP contribution in [-0.4, -0.2) is 92.7 Å². The number of ether oxygens (including phenoxy) is 1. The van der Waals surface area contributed by atoms with E-state index in [0.717, 1.165) is 66.1 Å². The van der Waals surface area contributed by atoms with Crippen LogP contribution in [0, 0.1) is 0 Å². The van der Waals surface area contributed by atoms with Crippen molar-refractivity contribution in [1.82, 2.24) is 34.2 Å². The van der Waals surface area contributed by atoms with Gasteiger partial charge in [0.05, 0.1) is 24.0 Å². The lowest BCUT2D eigenvalue weighted by atomic mass is 10.0. The highest BCUT2D eigenvalue weighted by Gasteiger charge is 2.31. The first-order chi connectivity index (χ1) is 18.5. The number of pyridine rings is 2. The molecule has 0 bridgehead atoms. The van der Waals surface area contributed by atoms with Gasteiger partial charge in [-0.15, -0.1) is 0 Å². The summed E-state index contributed by atoms with van der Waals surface area (Å²) in [5, 5.41) is 8.98. The van der Waals surface area contributed by atoms with Crippen molar-refractivity contribution < 1.29 is 9.53 Å². The normalized spacial score (nSPS) is 18.1. The van der Waals surface area contributed by atoms with Crippen LogP contribution in [0.2, 0.25) is 0 Å². The van der Waals surface area contributed by atoms with Crippen LogP contribution in [0.5, 0.6) is 0 Å². The highest BCUT2D eigenvalue weighted by atomic mass is 16.5. The Bertz CT molecular complexity index is 1440. The van der Waals surface area contributed by atoms with Crippen LogP contribution in [0.15, 0.2) is 49.2 Å². The summed E-state index contributed by atoms with van der Waals surface area (Å²) < 4.78 is 9.20. The molecule has 4 aromatic heterocycles. The van der Waals surface area contributed by atoms with E-state index in [0.29, 0.717) is 19.6 Å². The number of anilines is 1. The van der Waals surface area contributed by atoms with Crippen LogP contribution in [0.25, 0.3) is 27.8 Å². The summed E-state index contributed by atoms with van der Waals surface area (Å²) in [5.74, 6) is 0.935. The summed E-state index contributed by atoms with van der Waals surface area (Å²) in [6, 6.07) is 6.56. The minimum Gasteiger partial charge on any atom is -0.380 e. The molecule has 38 heavy (non-hydrogen) atoms. The molecule has 0 spiro atoms. The van der Waals surface area contributed by atoms with E-state index in [1.807, 2.05) is 50.8 Å². The third kappa shape index (κ3) is 4.49. The molecular formula is C28H34N8O2. The summed E-state index contributed by atoms with van der Waals surface area (Å²) in [4.78, 5) is 23.9. The molecule has 198 valence electrons. The van der Waals surface area contributed by atoms with Gasteiger partial charge in [-0.1, -0.05) is 6.92 Å². The molecule has 0 N–H and O–H groups in total. The Kier molecular flexibility index (Phi) is 6.49. The largest absolute Gasteiger partial charge is 0.380 e. The molecule has 1 unspecified atom stereocenters. The van der Waals surface area contributed by atoms with Crippen LogP contribution in [-0.2, 0) is 18.2 Å². The molecule has 0 aromatic carbocycles. The summed E-state index contributed by atoms with van der Waals surface area (Å²) in [7, 11) is 3.64. The number of methoxy groups -OCH3 is 1. The van der Waals surface area contributed by atoms with Crippen molar-refractivity contribution >= 4 is 17.4 Å². The number of likely N-dealkylation sites (tertiary alicyclic amines) is 1. The molecule has 6 heterocycles. The van der Waals surface area contributed by atoms with Crippen LogP contribution in [0.3, 0.4) is 0 Å². The maximum Gasteiger partial charge on any atom is 0.320 e. The first-order valence-corrected chi connectivity index (χ1v) is 13.3. The Morgan fingerprint density at radius 2 is 1.82 bits per heavy atom. The van der Waals surface area contributed by atoms with Crippen molar-refractivity contribution in [2.75, 3.05) is 51.3 Å². The molecule has 2 aliphatic rings. The minimum atomic E-state index is 0.123. The highest BCUT2D eigenvalue weighted by molar-refractivity contribution is 5.86. The second kappa shape index (κ2) is 10.1. The molecule has 0 radical (unpaired) electrons. The van der Waals surface area contributed by atoms with Crippen LogP contribution < -0.4 is 4.90 Å². The van der Waals surface area contributed by atoms with Crippen LogP contribution in [0.1, 0.15) is 18.9 Å². The summed E-state index contributed by atoms with van der Waals surface area (Å²) >= 11 is 0. The van der Waals surface area contributed by atoms with Gasteiger partial charge in [0.15, 0.2) is 0 Å². The summed E-state index contributed by atoms with van der Waals surface area (Å²) in [5.41, 5.74) is 6.58. The number of amides is 2. The molecule has 2 fully saturated rings. The molecule has 1 atom stereocenters. The first-order valence-electron chi connectivity index (χ1n) is 13.3. The number of aryl methyl sites for hydroxylation is 2. The van der Waals surface area contributed by atoms with Gasteiger partial charge < -0.3 is 19.4 Å². The average molecular weight is 515 g/mol. The fourth-order valence-corrected chi connectivity index (χ4v) is 5.55. The Morgan fingerprint density at radius 3 is 2.47 bits per heavy atom. The van der Waals surface area contributed by atoms with Crippen LogP contribution in [0.4, 0.5) is 10.6 Å². The van der Waals surface area contributed by atoms with E-state index < -0.39 is 0 Å². The van der Waals surface area contributed by atoms with Gasteiger partial charge in [0.25, 0.3) is 0 Å². The Morgan fingerprint density at radius 1 is 0.974 bits per heavy atom. The third-order valence-electron chi connectivity index (χ3n) is 7.79. The van der Waals surface area contributed by atoms with E-state index in [1.165, 1.54) is 5.56 Å². The summed E-state index contributed by atoms with van der Waals surface area (Å²) in [6.45, 7) is 6.53. The number of aromatic nitrogens is 5. The van der Waals surface area contributed by atoms with E-state index >= 15 is 0 Å². The number of hydrogen-bond donors (Lipinski definition) is 0. The molecule has 10 heteroatoms. The van der Waals surface area contributed by atoms with E-state index in [1.54, 1.807) is 7.11 Å². The smallest absolute Gasteiger partial charge is 0.320 e. The van der Waals surface area contributed by atoms with E-state index in [-0.39, 0.29) is 12.1 Å². The lowest BCUT2D eigenvalue weighted by Crippen LogP contribution is -2.52. The van der Waals surface area contributed by atoms with Gasteiger partial charge in [-0.05, 0) is 36.6 Å². The molecule has 2 saturated heterocycles. The molecule has 6 rings (SSSR count). The maximum atomic E-state index is 12.9. The van der Waals surface area contributed by atoms with Crippen molar-refractivity contribution in [1.29, 1.82) is 0 Å². The number of hydrogen-bond acceptors (Lipinski definition) is 6. The van der Waals surface area contributed by atoms with E-state index in [2.05, 4.69) is 46.4 Å². The molecule has 4 aromatic rings. The Balaban J connectivity index is 1.20. The molecular weight excluding hydrogens is 480 g/mol. The Hall–Kier alpha value is -3.92. The average Bonchev–Trinajstić information content (AvgIpc) is 3.72. The second-order valence-electron chi connectivity index (χ2n) is 10.1. The lowest BCUT2D eigenvalue weighted by Gasteiger charge is -2.37. The highest BCUT2D eigenvalue weighted by Crippen LogP contribution is 2.32. The first kappa shape index (κ1) is 24.4. The molecule has 0 aliphatic carbocycles. The molecule has 2 amide bonds. The quantitative estimate of drug-likeness (QED) is 0.406. The van der Waals surface area contributed by atoms with Gasteiger partial charge in [-0.3, -0.25) is 4.68 Å². The minimum absolute atomic E-state index is 0.123. The number of nitrogens with zero attached hydrogens (tertiary/aromatic N) is 8. The van der Waals surface area contributed by atoms with Crippen molar-refractivity contribution in [2.24, 2.45) is 7.05 Å². The van der Waals surface area contributed by atoms with Gasteiger partial charge in [0, 0.05) is 94.3 Å². The predicted octanol–water partition coefficient (Wildman–Crippen LogP) is 3.32. The van der Waals surface area contributed by atoms with Crippen LogP contribution >= 0.6 is 0 Å². The van der Waals surface area contributed by atoms with Crippen molar-refractivity contribution in [2.45, 2.75) is 25.9 Å². The number of carbonyl (C=O) groups excluding carboxylic acids is 1. The van der Waals surface area contributed by atoms with Gasteiger partial charge in [-0.25, -0.2) is 14.3 Å². The van der Waals surface area contributed by atoms with Crippen molar-refractivity contribution in [3.63, 3.8) is 0 Å². The zero-order chi connectivity index (χ0) is 26.2. The van der Waals surface area contributed by atoms with Crippen molar-refractivity contribution in [3.05, 3.63) is 54.7 Å². The lowest BCUT2D eigenvalue weighted by molar-refractivity contribution is 0.105. The van der Waals surface area contributed by atoms with E-state index in [9.17, 15) is 4.79 Å². The molecule has 0 saturated carbocycles. The number of piperazine rings is 1. The van der Waals surface area contributed by atoms with Crippen molar-refractivity contribution in [3.8, 4) is 22.3 Å². The number of fused-ring (bicyclic) bond motifs is 1. The number of rotatable bonds is 5. The second-order valence-corrected chi connectivity index (χ2v) is 10.1. The maximum absolute atomic E-state index is 12.9. The van der Waals surface area contributed by atoms with Gasteiger partial charge in [0.1, 0.15) is 5.82 Å². The van der Waals surface area contributed by atoms with Gasteiger partial charge >= 0.3 is 6.03 Å². The molecule has 10 nitrogen and oxygen atoms in total. The zero-order valence-electron chi connectivity index (χ0n) is 22.2. The fraction of sp³-hybridized carbons (Fsp3) is 0.429. The topological polar surface area (TPSA) is 84.0 Å². The fourth-order valence-electron chi connectivity index (χ4n) is 5.55. The standard InChI is InChI=1S/C28H34N8O2/c1-4-20-15-31-36-18-22(23-16-30-32(2)17-23)13-25(27(20)36)21-5-6-26(29-14-21)33-9-11-34(12-10-33)28(37)35-8-7-24(19-35)38-3/h5-6,13-18,24H,4,7-12,19H2,1-3H3.